The van der Waals surface area contributed by atoms with Crippen LogP contribution in [0.1, 0.15) is 71.6 Å². The minimum atomic E-state index is -5.87. The van der Waals surface area contributed by atoms with E-state index in [1.54, 1.807) is 25.2 Å². The summed E-state index contributed by atoms with van der Waals surface area (Å²) in [6.07, 6.45) is 1.94. The average Bonchev–Trinajstić information content (AvgIpc) is 3.29. The van der Waals surface area contributed by atoms with Crippen LogP contribution in [0.4, 0.5) is 27.6 Å². The predicted octanol–water partition coefficient (Wildman–Crippen LogP) is 7.28. The van der Waals surface area contributed by atoms with E-state index in [1.165, 1.54) is 29.9 Å². The van der Waals surface area contributed by atoms with Crippen LogP contribution >= 0.6 is 15.9 Å². The van der Waals surface area contributed by atoms with Gasteiger partial charge < -0.3 is 15.7 Å². The molecule has 0 aliphatic heterocycles. The van der Waals surface area contributed by atoms with Crippen LogP contribution in [0.2, 0.25) is 0 Å². The fourth-order valence-electron chi connectivity index (χ4n) is 4.70. The Morgan fingerprint density at radius 3 is 2.53 bits per heavy atom. The average molecular weight is 726 g/mol. The van der Waals surface area contributed by atoms with Gasteiger partial charge in [-0.1, -0.05) is 18.2 Å². The molecule has 9 nitrogen and oxygen atoms in total. The van der Waals surface area contributed by atoms with Gasteiger partial charge in [0, 0.05) is 35.9 Å². The van der Waals surface area contributed by atoms with Gasteiger partial charge in [-0.15, -0.1) is 0 Å². The monoisotopic (exact) mass is 724 g/mol. The molecule has 0 unspecified atom stereocenters. The van der Waals surface area contributed by atoms with Crippen LogP contribution in [0.15, 0.2) is 52.0 Å². The summed E-state index contributed by atoms with van der Waals surface area (Å²) in [6, 6.07) is 5.90. The number of amides is 1. The first-order chi connectivity index (χ1) is 21.9. The van der Waals surface area contributed by atoms with E-state index in [4.69, 9.17) is 5.26 Å². The maximum absolute atomic E-state index is 14.5. The van der Waals surface area contributed by atoms with E-state index >= 15 is 0 Å². The van der Waals surface area contributed by atoms with Crippen molar-refractivity contribution in [1.82, 2.24) is 15.1 Å². The maximum atomic E-state index is 14.5. The molecule has 0 saturated heterocycles. The molecular weight excluding hydrogens is 691 g/mol. The molecule has 1 aromatic carbocycles. The molecule has 1 aliphatic rings. The molecule has 1 amide bonds. The van der Waals surface area contributed by atoms with Crippen LogP contribution in [-0.4, -0.2) is 63.5 Å². The standard InChI is InChI=1S/C32H34BrF5N6O3/c1-19-16-21(45)18-22(26(46)12-8-9-14-39)27(19)42-28(47)25-17-20(43-44(25)24-11-7-5-6-10-23(24)33)13-15-41-29(30(2,3)40-4)31(34,35)32(36,37)38/h5-6,10-11,16-18,40,45H,7-9,12-13,15H2,1-4H3,(H,42,47). The zero-order valence-corrected chi connectivity index (χ0v) is 27.7. The van der Waals surface area contributed by atoms with Gasteiger partial charge in [-0.2, -0.15) is 32.3 Å². The van der Waals surface area contributed by atoms with Crippen LogP contribution in [-0.2, 0) is 6.42 Å². The second-order valence-corrected chi connectivity index (χ2v) is 12.1. The number of Topliss-reactive ketones (excluding diaryl/α,β-unsaturated/α-hetero) is 1. The number of aromatic nitrogens is 2. The molecule has 15 heteroatoms. The third kappa shape index (κ3) is 8.81. The van der Waals surface area contributed by atoms with Gasteiger partial charge >= 0.3 is 12.1 Å². The molecule has 0 fully saturated rings. The molecule has 0 radical (unpaired) electrons. The number of hydrogen-bond donors (Lipinski definition) is 3. The highest BCUT2D eigenvalue weighted by Crippen LogP contribution is 2.39. The minimum absolute atomic E-state index is 0.000715. The first kappa shape index (κ1) is 37.3. The second kappa shape index (κ2) is 15.2. The van der Waals surface area contributed by atoms with Crippen LogP contribution in [0, 0.1) is 18.3 Å². The number of unbranched alkanes of at least 4 members (excludes halogenated alkanes) is 1. The van der Waals surface area contributed by atoms with Crippen LogP contribution in [0.3, 0.4) is 0 Å². The van der Waals surface area contributed by atoms with Crippen molar-refractivity contribution in [2.24, 2.45) is 4.99 Å². The molecule has 3 rings (SSSR count). The number of aryl methyl sites for hydroxylation is 1. The van der Waals surface area contributed by atoms with Crippen molar-refractivity contribution in [3.63, 3.8) is 0 Å². The number of nitriles is 1. The molecule has 0 saturated carbocycles. The number of anilines is 1. The van der Waals surface area contributed by atoms with Crippen molar-refractivity contribution in [1.29, 1.82) is 5.26 Å². The summed E-state index contributed by atoms with van der Waals surface area (Å²) < 4.78 is 70.8. The smallest absolute Gasteiger partial charge is 0.459 e. The number of aliphatic imine (C=N–C) groups is 1. The molecule has 1 aliphatic carbocycles. The van der Waals surface area contributed by atoms with Crippen molar-refractivity contribution < 1.29 is 36.6 Å². The Kier molecular flexibility index (Phi) is 12.0. The van der Waals surface area contributed by atoms with Crippen molar-refractivity contribution in [2.75, 3.05) is 18.9 Å². The number of benzene rings is 1. The van der Waals surface area contributed by atoms with Crippen molar-refractivity contribution >= 4 is 44.7 Å². The van der Waals surface area contributed by atoms with Gasteiger partial charge in [-0.25, -0.2) is 4.68 Å². The summed E-state index contributed by atoms with van der Waals surface area (Å²) in [7, 11) is 1.25. The van der Waals surface area contributed by atoms with Gasteiger partial charge in [0.15, 0.2) is 5.78 Å². The van der Waals surface area contributed by atoms with E-state index < -0.39 is 41.6 Å². The topological polar surface area (TPSA) is 132 Å². The van der Waals surface area contributed by atoms with Gasteiger partial charge in [0.25, 0.3) is 5.91 Å². The first-order valence-corrected chi connectivity index (χ1v) is 15.3. The molecule has 2 aromatic rings. The Morgan fingerprint density at radius 1 is 1.19 bits per heavy atom. The number of allylic oxidation sites excluding steroid dienone is 6. The summed E-state index contributed by atoms with van der Waals surface area (Å²) in [5.74, 6) is -6.52. The molecule has 3 N–H and O–H groups in total. The lowest BCUT2D eigenvalue weighted by molar-refractivity contribution is -0.250. The van der Waals surface area contributed by atoms with E-state index in [9.17, 15) is 36.6 Å². The van der Waals surface area contributed by atoms with Gasteiger partial charge in [-0.05, 0) is 86.4 Å². The summed E-state index contributed by atoms with van der Waals surface area (Å²) in [6.45, 7) is 3.40. The van der Waals surface area contributed by atoms with E-state index in [2.05, 4.69) is 36.7 Å². The number of rotatable bonds is 13. The normalized spacial score (nSPS) is 14.3. The zero-order valence-electron chi connectivity index (χ0n) is 26.1. The molecule has 0 spiro atoms. The third-order valence-corrected chi connectivity index (χ3v) is 8.02. The number of phenols is 1. The number of carbonyl (C=O) groups is 2. The SMILES string of the molecule is CNC(C)(C)C(=NCCc1cc(C(=O)Nc2c(C)cc(O)cc2C(=O)CCCC#N)n(C2=CCC=CC=C2Br)n1)C(F)(F)C(F)(F)F. The van der Waals surface area contributed by atoms with Crippen LogP contribution in [0.5, 0.6) is 5.75 Å². The Hall–Kier alpha value is -4.16. The molecular formula is C32H34BrF5N6O3. The number of ketones is 1. The van der Waals surface area contributed by atoms with Crippen molar-refractivity contribution in [3.8, 4) is 11.8 Å². The van der Waals surface area contributed by atoms with Gasteiger partial charge in [0.1, 0.15) is 17.2 Å². The number of nitrogens with zero attached hydrogens (tertiary/aromatic N) is 4. The largest absolute Gasteiger partial charge is 0.508 e. The predicted molar refractivity (Wildman–Crippen MR) is 172 cm³/mol. The number of aromatic hydroxyl groups is 1. The fraction of sp³-hybridized carbons (Fsp3) is 0.406. The number of carbonyl (C=O) groups excluding carboxylic acids is 2. The van der Waals surface area contributed by atoms with Gasteiger partial charge in [0.2, 0.25) is 0 Å². The van der Waals surface area contributed by atoms with Crippen molar-refractivity contribution in [2.45, 2.75) is 70.5 Å². The van der Waals surface area contributed by atoms with Crippen LogP contribution < -0.4 is 10.6 Å². The summed E-state index contributed by atoms with van der Waals surface area (Å²) in [5.41, 5.74) is -2.05. The van der Waals surface area contributed by atoms with Crippen molar-refractivity contribution in [3.05, 3.63) is 69.5 Å². The van der Waals surface area contributed by atoms with E-state index in [0.29, 0.717) is 22.2 Å². The van der Waals surface area contributed by atoms with E-state index in [1.807, 2.05) is 12.1 Å². The second-order valence-electron chi connectivity index (χ2n) is 11.2. The highest BCUT2D eigenvalue weighted by molar-refractivity contribution is 9.12. The Labute approximate surface area is 277 Å². The number of hydrogen-bond acceptors (Lipinski definition) is 7. The summed E-state index contributed by atoms with van der Waals surface area (Å²) >= 11 is 3.46. The lowest BCUT2D eigenvalue weighted by atomic mass is 9.92. The number of halogens is 6. The minimum Gasteiger partial charge on any atom is -0.508 e. The Balaban J connectivity index is 2.05. The first-order valence-electron chi connectivity index (χ1n) is 14.5. The molecule has 0 bridgehead atoms. The summed E-state index contributed by atoms with van der Waals surface area (Å²) in [5, 5.41) is 28.6. The Morgan fingerprint density at radius 2 is 1.89 bits per heavy atom. The van der Waals surface area contributed by atoms with E-state index in [0.717, 1.165) is 13.8 Å². The fourth-order valence-corrected chi connectivity index (χ4v) is 5.18. The molecule has 1 aromatic heterocycles. The lowest BCUT2D eigenvalue weighted by Gasteiger charge is -2.32. The highest BCUT2D eigenvalue weighted by Gasteiger charge is 2.63. The van der Waals surface area contributed by atoms with E-state index in [-0.39, 0.29) is 54.1 Å². The molecule has 47 heavy (non-hydrogen) atoms. The van der Waals surface area contributed by atoms with Crippen LogP contribution in [0.25, 0.3) is 5.70 Å². The van der Waals surface area contributed by atoms with Gasteiger partial charge in [0.05, 0.1) is 28.7 Å². The number of nitrogens with one attached hydrogen (secondary N) is 2. The maximum Gasteiger partial charge on any atom is 0.459 e. The quantitative estimate of drug-likeness (QED) is 0.0654. The van der Waals surface area contributed by atoms with Gasteiger partial charge in [-0.3, -0.25) is 14.6 Å². The molecule has 0 atom stereocenters. The highest BCUT2D eigenvalue weighted by atomic mass is 79.9. The molecule has 1 heterocycles. The summed E-state index contributed by atoms with van der Waals surface area (Å²) in [4.78, 5) is 30.5. The molecule has 252 valence electrons. The third-order valence-electron chi connectivity index (χ3n) is 7.35. The Bertz CT molecular complexity index is 1680. The zero-order chi connectivity index (χ0) is 35.2. The number of phenolic OH excluding ortho intramolecular Hbond substituents is 1. The lowest BCUT2D eigenvalue weighted by Crippen LogP contribution is -2.58. The number of alkyl halides is 5.